The topological polar surface area (TPSA) is 95.2 Å². The van der Waals surface area contributed by atoms with Crippen LogP contribution in [0.1, 0.15) is 5.56 Å². The third-order valence-electron chi connectivity index (χ3n) is 4.42. The first kappa shape index (κ1) is 18.6. The van der Waals surface area contributed by atoms with Crippen molar-refractivity contribution >= 4 is 40.0 Å². The van der Waals surface area contributed by atoms with Crippen LogP contribution in [0.15, 0.2) is 47.4 Å². The Morgan fingerprint density at radius 1 is 1.11 bits per heavy atom. The molecule has 0 fully saturated rings. The van der Waals surface area contributed by atoms with Crippen LogP contribution in [0.25, 0.3) is 21.9 Å². The fourth-order valence-corrected chi connectivity index (χ4v) is 3.13. The average Bonchev–Trinajstić information content (AvgIpc) is 2.98. The fourth-order valence-electron chi connectivity index (χ4n) is 3.13. The number of nitrogens with zero attached hydrogens (tertiary/aromatic N) is 2. The maximum atomic E-state index is 12.5. The molecule has 0 spiro atoms. The number of anilines is 1. The molecule has 7 nitrogen and oxygen atoms in total. The van der Waals surface area contributed by atoms with E-state index in [0.29, 0.717) is 29.2 Å². The van der Waals surface area contributed by atoms with E-state index in [9.17, 15) is 4.79 Å². The minimum absolute atomic E-state index is 0. The zero-order valence-electron chi connectivity index (χ0n) is 14.9. The zero-order chi connectivity index (χ0) is 18.3. The van der Waals surface area contributed by atoms with Gasteiger partial charge in [0, 0.05) is 17.1 Å². The molecule has 0 bridgehead atoms. The molecular formula is C19H19ClN4O3. The van der Waals surface area contributed by atoms with Crippen molar-refractivity contribution in [3.63, 3.8) is 0 Å². The summed E-state index contributed by atoms with van der Waals surface area (Å²) in [5.74, 6) is 1.18. The molecule has 0 saturated carbocycles. The molecule has 27 heavy (non-hydrogen) atoms. The standard InChI is InChI=1S/C19H18N4O3.ClH/c1-25-16-7-13-14(8-17(16)26-2)21-9-15-18(13)23(19(24)22-15)10-11-3-5-12(20)6-4-11;/h3-9H,10,20H2,1-2H3,(H,22,24);1H. The van der Waals surface area contributed by atoms with Crippen molar-refractivity contribution < 1.29 is 9.47 Å². The Bertz CT molecular complexity index is 1170. The number of ether oxygens (including phenoxy) is 2. The van der Waals surface area contributed by atoms with Crippen molar-refractivity contribution in [1.29, 1.82) is 0 Å². The van der Waals surface area contributed by atoms with E-state index < -0.39 is 0 Å². The number of hydrogen-bond acceptors (Lipinski definition) is 5. The van der Waals surface area contributed by atoms with Gasteiger partial charge >= 0.3 is 5.69 Å². The molecule has 0 aliphatic rings. The summed E-state index contributed by atoms with van der Waals surface area (Å²) in [6.07, 6.45) is 1.66. The molecule has 0 radical (unpaired) electrons. The van der Waals surface area contributed by atoms with Gasteiger partial charge in [-0.25, -0.2) is 4.79 Å². The van der Waals surface area contributed by atoms with Gasteiger partial charge < -0.3 is 20.2 Å². The number of methoxy groups -OCH3 is 2. The minimum atomic E-state index is -0.194. The van der Waals surface area contributed by atoms with Crippen LogP contribution in [0.3, 0.4) is 0 Å². The number of benzene rings is 2. The van der Waals surface area contributed by atoms with Gasteiger partial charge in [-0.2, -0.15) is 0 Å². The summed E-state index contributed by atoms with van der Waals surface area (Å²) in [6, 6.07) is 11.1. The van der Waals surface area contributed by atoms with Crippen molar-refractivity contribution in [1.82, 2.24) is 14.5 Å². The van der Waals surface area contributed by atoms with Crippen molar-refractivity contribution in [2.75, 3.05) is 20.0 Å². The smallest absolute Gasteiger partial charge is 0.326 e. The highest BCUT2D eigenvalue weighted by atomic mass is 35.5. The van der Waals surface area contributed by atoms with Crippen LogP contribution >= 0.6 is 12.4 Å². The first-order chi connectivity index (χ1) is 12.6. The number of imidazole rings is 1. The zero-order valence-corrected chi connectivity index (χ0v) is 15.7. The van der Waals surface area contributed by atoms with Gasteiger partial charge in [0.05, 0.1) is 43.5 Å². The first-order valence-electron chi connectivity index (χ1n) is 8.08. The van der Waals surface area contributed by atoms with Gasteiger partial charge in [0.15, 0.2) is 11.5 Å². The second-order valence-electron chi connectivity index (χ2n) is 6.00. The Labute approximate surface area is 161 Å². The van der Waals surface area contributed by atoms with Crippen LogP contribution < -0.4 is 20.9 Å². The quantitative estimate of drug-likeness (QED) is 0.526. The molecule has 0 amide bonds. The van der Waals surface area contributed by atoms with E-state index in [-0.39, 0.29) is 18.1 Å². The van der Waals surface area contributed by atoms with Crippen LogP contribution in [0, 0.1) is 0 Å². The molecule has 4 rings (SSSR count). The Balaban J connectivity index is 0.00000210. The molecule has 3 N–H and O–H groups in total. The number of fused-ring (bicyclic) bond motifs is 3. The van der Waals surface area contributed by atoms with Gasteiger partial charge in [-0.15, -0.1) is 12.4 Å². The van der Waals surface area contributed by atoms with Crippen molar-refractivity contribution in [2.45, 2.75) is 6.54 Å². The lowest BCUT2D eigenvalue weighted by molar-refractivity contribution is 0.356. The normalized spacial score (nSPS) is 10.7. The summed E-state index contributed by atoms with van der Waals surface area (Å²) < 4.78 is 12.4. The molecule has 0 saturated heterocycles. The van der Waals surface area contributed by atoms with Gasteiger partial charge in [0.25, 0.3) is 0 Å². The van der Waals surface area contributed by atoms with Crippen molar-refractivity contribution in [2.24, 2.45) is 0 Å². The molecule has 140 valence electrons. The predicted molar refractivity (Wildman–Crippen MR) is 108 cm³/mol. The van der Waals surface area contributed by atoms with E-state index in [1.807, 2.05) is 30.3 Å². The van der Waals surface area contributed by atoms with Crippen LogP contribution in [0.2, 0.25) is 0 Å². The SMILES string of the molecule is COc1cc2ncc3[nH]c(=O)n(Cc4ccc(N)cc4)c3c2cc1OC.Cl. The number of hydrogen-bond donors (Lipinski definition) is 2. The number of aromatic nitrogens is 3. The van der Waals surface area contributed by atoms with Crippen molar-refractivity contribution in [3.8, 4) is 11.5 Å². The number of rotatable bonds is 4. The van der Waals surface area contributed by atoms with E-state index in [0.717, 1.165) is 22.0 Å². The number of H-pyrrole nitrogens is 1. The van der Waals surface area contributed by atoms with E-state index in [2.05, 4.69) is 9.97 Å². The van der Waals surface area contributed by atoms with Gasteiger partial charge in [0.1, 0.15) is 0 Å². The summed E-state index contributed by atoms with van der Waals surface area (Å²) in [6.45, 7) is 0.423. The molecule has 4 aromatic rings. The lowest BCUT2D eigenvalue weighted by atomic mass is 10.1. The summed E-state index contributed by atoms with van der Waals surface area (Å²) >= 11 is 0. The number of nitrogen functional groups attached to an aromatic ring is 1. The number of halogens is 1. The summed E-state index contributed by atoms with van der Waals surface area (Å²) in [4.78, 5) is 19.8. The van der Waals surface area contributed by atoms with Gasteiger partial charge in [-0.3, -0.25) is 9.55 Å². The van der Waals surface area contributed by atoms with Gasteiger partial charge in [-0.1, -0.05) is 12.1 Å². The van der Waals surface area contributed by atoms with Gasteiger partial charge in [0.2, 0.25) is 0 Å². The number of aromatic amines is 1. The molecule has 2 aromatic heterocycles. The minimum Gasteiger partial charge on any atom is -0.493 e. The molecule has 0 aliphatic heterocycles. The number of nitrogens with two attached hydrogens (primary N) is 1. The Morgan fingerprint density at radius 2 is 1.78 bits per heavy atom. The summed E-state index contributed by atoms with van der Waals surface area (Å²) in [5, 5.41) is 0.814. The average molecular weight is 387 g/mol. The second-order valence-corrected chi connectivity index (χ2v) is 6.00. The maximum Gasteiger partial charge on any atom is 0.326 e. The Hall–Kier alpha value is -3.19. The van der Waals surface area contributed by atoms with Crippen molar-refractivity contribution in [3.05, 3.63) is 58.6 Å². The summed E-state index contributed by atoms with van der Waals surface area (Å²) in [7, 11) is 3.16. The largest absolute Gasteiger partial charge is 0.493 e. The Morgan fingerprint density at radius 3 is 2.44 bits per heavy atom. The van der Waals surface area contributed by atoms with Gasteiger partial charge in [-0.05, 0) is 23.8 Å². The van der Waals surface area contributed by atoms with Crippen LogP contribution in [-0.4, -0.2) is 28.8 Å². The lowest BCUT2D eigenvalue weighted by Gasteiger charge is -2.11. The van der Waals surface area contributed by atoms with Crippen LogP contribution in [0.5, 0.6) is 11.5 Å². The molecular weight excluding hydrogens is 368 g/mol. The monoisotopic (exact) mass is 386 g/mol. The molecule has 8 heteroatoms. The highest BCUT2D eigenvalue weighted by molar-refractivity contribution is 6.03. The predicted octanol–water partition coefficient (Wildman–Crippen LogP) is 2.95. The third-order valence-corrected chi connectivity index (χ3v) is 4.42. The lowest BCUT2D eigenvalue weighted by Crippen LogP contribution is -2.17. The van der Waals surface area contributed by atoms with E-state index >= 15 is 0 Å². The highest BCUT2D eigenvalue weighted by Gasteiger charge is 2.15. The van der Waals surface area contributed by atoms with E-state index in [1.54, 1.807) is 31.0 Å². The molecule has 0 atom stereocenters. The number of nitrogens with one attached hydrogen (secondary N) is 1. The maximum absolute atomic E-state index is 12.5. The fraction of sp³-hybridized carbons (Fsp3) is 0.158. The first-order valence-corrected chi connectivity index (χ1v) is 8.08. The third kappa shape index (κ3) is 3.17. The molecule has 0 aliphatic carbocycles. The van der Waals surface area contributed by atoms with Crippen LogP contribution in [-0.2, 0) is 6.54 Å². The molecule has 0 unspecified atom stereocenters. The molecule has 2 heterocycles. The highest BCUT2D eigenvalue weighted by Crippen LogP contribution is 2.34. The second kappa shape index (κ2) is 7.20. The van der Waals surface area contributed by atoms with Crippen LogP contribution in [0.4, 0.5) is 5.69 Å². The Kier molecular flexibility index (Phi) is 4.96. The number of pyridine rings is 1. The summed E-state index contributed by atoms with van der Waals surface area (Å²) in [5.41, 5.74) is 9.39. The molecule has 2 aromatic carbocycles. The van der Waals surface area contributed by atoms with E-state index in [1.165, 1.54) is 0 Å². The van der Waals surface area contributed by atoms with E-state index in [4.69, 9.17) is 15.2 Å².